The third-order valence-corrected chi connectivity index (χ3v) is 3.78. The molecule has 2 aromatic carbocycles. The van der Waals surface area contributed by atoms with Gasteiger partial charge in [0.25, 0.3) is 0 Å². The fraction of sp³-hybridized carbons (Fsp3) is 0.381. The van der Waals surface area contributed by atoms with Gasteiger partial charge < -0.3 is 0 Å². The summed E-state index contributed by atoms with van der Waals surface area (Å²) in [6.45, 7) is 6.32. The van der Waals surface area contributed by atoms with Crippen LogP contribution in [0.1, 0.15) is 48.8 Å². The van der Waals surface area contributed by atoms with Crippen LogP contribution in [0.15, 0.2) is 54.6 Å². The third-order valence-electron chi connectivity index (χ3n) is 3.78. The normalized spacial score (nSPS) is 13.3. The molecule has 0 aromatic heterocycles. The molecule has 0 N–H and O–H groups in total. The van der Waals surface area contributed by atoms with Crippen molar-refractivity contribution in [3.05, 3.63) is 71.3 Å². The molecule has 2 aromatic rings. The van der Waals surface area contributed by atoms with Crippen LogP contribution in [0.4, 0.5) is 0 Å². The molecule has 0 spiro atoms. The van der Waals surface area contributed by atoms with Crippen molar-refractivity contribution in [2.45, 2.75) is 52.9 Å². The lowest BCUT2D eigenvalue weighted by atomic mass is 10.00. The molecular formula is C21H28O. The predicted molar refractivity (Wildman–Crippen MR) is 95.2 cm³/mol. The van der Waals surface area contributed by atoms with E-state index in [1.165, 1.54) is 23.1 Å². The SMILES string of the molecule is Cc1ccccc1.Cc1ccccc1C.O=C1CCCCC1. The number of ketones is 1. The number of hydrogen-bond acceptors (Lipinski definition) is 1. The van der Waals surface area contributed by atoms with Crippen LogP contribution in [0.2, 0.25) is 0 Å². The summed E-state index contributed by atoms with van der Waals surface area (Å²) in [5, 5.41) is 0. The third kappa shape index (κ3) is 8.41. The van der Waals surface area contributed by atoms with Crippen LogP contribution in [0.5, 0.6) is 0 Å². The summed E-state index contributed by atoms with van der Waals surface area (Å²) in [5.74, 6) is 0.464. The maximum absolute atomic E-state index is 10.5. The molecule has 1 fully saturated rings. The lowest BCUT2D eigenvalue weighted by molar-refractivity contribution is -0.120. The highest BCUT2D eigenvalue weighted by molar-refractivity contribution is 5.78. The van der Waals surface area contributed by atoms with Gasteiger partial charge in [0.1, 0.15) is 5.78 Å². The highest BCUT2D eigenvalue weighted by Crippen LogP contribution is 2.12. The average molecular weight is 296 g/mol. The van der Waals surface area contributed by atoms with Crippen molar-refractivity contribution < 1.29 is 4.79 Å². The van der Waals surface area contributed by atoms with Gasteiger partial charge in [-0.2, -0.15) is 0 Å². The first kappa shape index (κ1) is 18.2. The summed E-state index contributed by atoms with van der Waals surface area (Å²) in [5.41, 5.74) is 4.06. The molecule has 1 saturated carbocycles. The van der Waals surface area contributed by atoms with Crippen LogP contribution in [0.25, 0.3) is 0 Å². The number of benzene rings is 2. The van der Waals surface area contributed by atoms with Gasteiger partial charge in [0, 0.05) is 12.8 Å². The number of aryl methyl sites for hydroxylation is 3. The first-order valence-electron chi connectivity index (χ1n) is 8.15. The molecule has 0 atom stereocenters. The van der Waals surface area contributed by atoms with E-state index in [-0.39, 0.29) is 0 Å². The van der Waals surface area contributed by atoms with Crippen LogP contribution in [-0.2, 0) is 4.79 Å². The van der Waals surface area contributed by atoms with Gasteiger partial charge >= 0.3 is 0 Å². The summed E-state index contributed by atoms with van der Waals surface area (Å²) in [4.78, 5) is 10.5. The maximum Gasteiger partial charge on any atom is 0.132 e. The highest BCUT2D eigenvalue weighted by Gasteiger charge is 2.05. The van der Waals surface area contributed by atoms with E-state index in [1.54, 1.807) is 0 Å². The fourth-order valence-electron chi connectivity index (χ4n) is 2.14. The molecule has 1 aliphatic rings. The van der Waals surface area contributed by atoms with Gasteiger partial charge in [-0.15, -0.1) is 0 Å². The predicted octanol–water partition coefficient (Wildman–Crippen LogP) is 5.82. The van der Waals surface area contributed by atoms with E-state index in [2.05, 4.69) is 57.2 Å². The van der Waals surface area contributed by atoms with Crippen molar-refractivity contribution in [1.29, 1.82) is 0 Å². The molecule has 0 heterocycles. The van der Waals surface area contributed by atoms with Gasteiger partial charge in [-0.1, -0.05) is 66.6 Å². The minimum Gasteiger partial charge on any atom is -0.300 e. The Hall–Kier alpha value is -1.89. The zero-order valence-corrected chi connectivity index (χ0v) is 14.1. The van der Waals surface area contributed by atoms with E-state index in [0.717, 1.165) is 25.7 Å². The summed E-state index contributed by atoms with van der Waals surface area (Å²) >= 11 is 0. The number of hydrogen-bond donors (Lipinski definition) is 0. The molecule has 22 heavy (non-hydrogen) atoms. The number of carbonyl (C=O) groups excluding carboxylic acids is 1. The Labute approximate surface area is 135 Å². The van der Waals surface area contributed by atoms with Gasteiger partial charge in [-0.05, 0) is 44.7 Å². The van der Waals surface area contributed by atoms with Crippen molar-refractivity contribution in [2.75, 3.05) is 0 Å². The molecule has 0 unspecified atom stereocenters. The Morgan fingerprint density at radius 3 is 1.36 bits per heavy atom. The average Bonchev–Trinajstić information content (AvgIpc) is 2.53. The molecule has 3 rings (SSSR count). The summed E-state index contributed by atoms with van der Waals surface area (Å²) < 4.78 is 0. The van der Waals surface area contributed by atoms with Gasteiger partial charge in [-0.25, -0.2) is 0 Å². The van der Waals surface area contributed by atoms with E-state index in [9.17, 15) is 4.79 Å². The molecule has 1 heteroatoms. The van der Waals surface area contributed by atoms with Gasteiger partial charge in [0.15, 0.2) is 0 Å². The van der Waals surface area contributed by atoms with E-state index < -0.39 is 0 Å². The summed E-state index contributed by atoms with van der Waals surface area (Å²) in [7, 11) is 0. The van der Waals surface area contributed by atoms with Gasteiger partial charge in [-0.3, -0.25) is 4.79 Å². The smallest absolute Gasteiger partial charge is 0.132 e. The largest absolute Gasteiger partial charge is 0.300 e. The Morgan fingerprint density at radius 2 is 1.09 bits per heavy atom. The molecule has 118 valence electrons. The Bertz CT molecular complexity index is 514. The van der Waals surface area contributed by atoms with Crippen molar-refractivity contribution in [3.63, 3.8) is 0 Å². The summed E-state index contributed by atoms with van der Waals surface area (Å²) in [6.07, 6.45) is 5.24. The van der Waals surface area contributed by atoms with Crippen LogP contribution >= 0.6 is 0 Å². The summed E-state index contributed by atoms with van der Waals surface area (Å²) in [6, 6.07) is 18.6. The minimum absolute atomic E-state index is 0.464. The van der Waals surface area contributed by atoms with E-state index in [0.29, 0.717) is 5.78 Å². The van der Waals surface area contributed by atoms with Crippen molar-refractivity contribution in [3.8, 4) is 0 Å². The van der Waals surface area contributed by atoms with Crippen molar-refractivity contribution in [1.82, 2.24) is 0 Å². The second kappa shape index (κ2) is 10.8. The Balaban J connectivity index is 0.000000166. The lowest BCUT2D eigenvalue weighted by Crippen LogP contribution is -2.02. The van der Waals surface area contributed by atoms with Crippen LogP contribution < -0.4 is 0 Å². The van der Waals surface area contributed by atoms with Crippen molar-refractivity contribution >= 4 is 5.78 Å². The van der Waals surface area contributed by atoms with Gasteiger partial charge in [0.2, 0.25) is 0 Å². The second-order valence-corrected chi connectivity index (χ2v) is 5.84. The molecule has 0 saturated heterocycles. The van der Waals surface area contributed by atoms with E-state index >= 15 is 0 Å². The molecule has 1 nitrogen and oxygen atoms in total. The zero-order valence-electron chi connectivity index (χ0n) is 14.1. The van der Waals surface area contributed by atoms with E-state index in [4.69, 9.17) is 0 Å². The van der Waals surface area contributed by atoms with E-state index in [1.807, 2.05) is 18.2 Å². The van der Waals surface area contributed by atoms with Crippen LogP contribution in [0, 0.1) is 20.8 Å². The van der Waals surface area contributed by atoms with Crippen LogP contribution in [0.3, 0.4) is 0 Å². The molecule has 0 bridgehead atoms. The first-order valence-corrected chi connectivity index (χ1v) is 8.15. The fourth-order valence-corrected chi connectivity index (χ4v) is 2.14. The van der Waals surface area contributed by atoms with Gasteiger partial charge in [0.05, 0.1) is 0 Å². The number of carbonyl (C=O) groups is 1. The molecular weight excluding hydrogens is 268 g/mol. The minimum atomic E-state index is 0.464. The van der Waals surface area contributed by atoms with Crippen molar-refractivity contribution in [2.24, 2.45) is 0 Å². The molecule has 1 aliphatic carbocycles. The standard InChI is InChI=1S/C8H10.C7H8.C6H10O/c1-7-5-3-4-6-8(7)2;1-7-5-3-2-4-6-7;7-6-4-2-1-3-5-6/h3-6H,1-2H3;2-6H,1H3;1-5H2. The molecule has 0 amide bonds. The number of rotatable bonds is 0. The number of Topliss-reactive ketones (excluding diaryl/α,β-unsaturated/α-hetero) is 1. The quantitative estimate of drug-likeness (QED) is 0.599. The molecule has 0 radical (unpaired) electrons. The second-order valence-electron chi connectivity index (χ2n) is 5.84. The Morgan fingerprint density at radius 1 is 0.636 bits per heavy atom. The first-order chi connectivity index (χ1) is 10.6. The lowest BCUT2D eigenvalue weighted by Gasteiger charge is -2.05. The molecule has 0 aliphatic heterocycles. The Kier molecular flexibility index (Phi) is 8.90. The highest BCUT2D eigenvalue weighted by atomic mass is 16.1. The van der Waals surface area contributed by atoms with Crippen LogP contribution in [-0.4, -0.2) is 5.78 Å². The zero-order chi connectivity index (χ0) is 16.2. The topological polar surface area (TPSA) is 17.1 Å². The maximum atomic E-state index is 10.5. The monoisotopic (exact) mass is 296 g/mol.